The lowest BCUT2D eigenvalue weighted by molar-refractivity contribution is -0.126. The number of carbonyl (C=O) groups is 1. The first-order chi connectivity index (χ1) is 8.93. The van der Waals surface area contributed by atoms with Crippen LogP contribution >= 0.6 is 0 Å². The first-order valence-electron chi connectivity index (χ1n) is 7.74. The van der Waals surface area contributed by atoms with Crippen LogP contribution in [0.4, 0.5) is 0 Å². The van der Waals surface area contributed by atoms with Crippen LogP contribution in [0.15, 0.2) is 0 Å². The summed E-state index contributed by atoms with van der Waals surface area (Å²) in [5.41, 5.74) is 5.48. The van der Waals surface area contributed by atoms with Crippen LogP contribution in [0.3, 0.4) is 0 Å². The zero-order chi connectivity index (χ0) is 14.0. The second-order valence-corrected chi connectivity index (χ2v) is 6.82. The number of nitrogens with one attached hydrogen (secondary N) is 1. The van der Waals surface area contributed by atoms with E-state index in [1.807, 2.05) is 6.92 Å². The summed E-state index contributed by atoms with van der Waals surface area (Å²) in [5, 5.41) is 3.10. The Morgan fingerprint density at radius 2 is 1.95 bits per heavy atom. The van der Waals surface area contributed by atoms with Gasteiger partial charge in [-0.2, -0.15) is 0 Å². The van der Waals surface area contributed by atoms with Crippen molar-refractivity contribution in [3.05, 3.63) is 0 Å². The Kier molecular flexibility index (Phi) is 4.51. The summed E-state index contributed by atoms with van der Waals surface area (Å²) in [4.78, 5) is 14.7. The molecule has 4 heteroatoms. The number of amides is 1. The van der Waals surface area contributed by atoms with Crippen molar-refractivity contribution < 1.29 is 4.79 Å². The third-order valence-electron chi connectivity index (χ3n) is 4.77. The van der Waals surface area contributed by atoms with Gasteiger partial charge in [-0.3, -0.25) is 9.69 Å². The number of rotatable bonds is 6. The van der Waals surface area contributed by atoms with Crippen molar-refractivity contribution in [3.63, 3.8) is 0 Å². The third-order valence-corrected chi connectivity index (χ3v) is 4.77. The maximum absolute atomic E-state index is 12.2. The van der Waals surface area contributed by atoms with Crippen LogP contribution in [0.1, 0.15) is 46.5 Å². The summed E-state index contributed by atoms with van der Waals surface area (Å²) in [6, 6.07) is 0.446. The maximum atomic E-state index is 12.2. The normalized spacial score (nSPS) is 25.3. The average molecular weight is 267 g/mol. The Hall–Kier alpha value is -0.610. The molecule has 0 spiro atoms. The number of nitrogens with two attached hydrogens (primary N) is 1. The summed E-state index contributed by atoms with van der Waals surface area (Å²) >= 11 is 0. The fraction of sp³-hybridized carbons (Fsp3) is 0.933. The summed E-state index contributed by atoms with van der Waals surface area (Å²) in [6.45, 7) is 9.41. The highest BCUT2D eigenvalue weighted by Crippen LogP contribution is 2.38. The highest BCUT2D eigenvalue weighted by atomic mass is 16.2. The van der Waals surface area contributed by atoms with Gasteiger partial charge in [0.05, 0.1) is 5.54 Å². The molecule has 0 radical (unpaired) electrons. The smallest absolute Gasteiger partial charge is 0.240 e. The van der Waals surface area contributed by atoms with Gasteiger partial charge in [-0.15, -0.1) is 0 Å². The standard InChI is InChI=1S/C15H29N3O/c1-11(2)13(18-8-4-5-9-18)10-17-14(19)15(3,16)12-6-7-12/h11-13H,4-10,16H2,1-3H3,(H,17,19). The van der Waals surface area contributed by atoms with E-state index in [-0.39, 0.29) is 5.91 Å². The van der Waals surface area contributed by atoms with E-state index in [4.69, 9.17) is 5.73 Å². The molecule has 1 aliphatic carbocycles. The van der Waals surface area contributed by atoms with Crippen molar-refractivity contribution in [2.45, 2.75) is 58.0 Å². The predicted molar refractivity (Wildman–Crippen MR) is 77.8 cm³/mol. The van der Waals surface area contributed by atoms with E-state index in [1.54, 1.807) is 0 Å². The fourth-order valence-electron chi connectivity index (χ4n) is 3.12. The van der Waals surface area contributed by atoms with Crippen LogP contribution in [-0.4, -0.2) is 42.0 Å². The molecule has 2 atom stereocenters. The summed E-state index contributed by atoms with van der Waals surface area (Å²) < 4.78 is 0. The minimum absolute atomic E-state index is 0.0276. The van der Waals surface area contributed by atoms with Gasteiger partial charge in [0.15, 0.2) is 0 Å². The van der Waals surface area contributed by atoms with E-state index in [0.29, 0.717) is 17.9 Å². The molecule has 1 saturated heterocycles. The van der Waals surface area contributed by atoms with Gasteiger partial charge in [-0.05, 0) is 57.5 Å². The van der Waals surface area contributed by atoms with Crippen molar-refractivity contribution in [2.24, 2.45) is 17.6 Å². The van der Waals surface area contributed by atoms with E-state index in [2.05, 4.69) is 24.1 Å². The molecule has 0 aromatic carbocycles. The van der Waals surface area contributed by atoms with Crippen LogP contribution in [0.2, 0.25) is 0 Å². The Bertz CT molecular complexity index is 317. The summed E-state index contributed by atoms with van der Waals surface area (Å²) in [6.07, 6.45) is 4.77. The van der Waals surface area contributed by atoms with Crippen LogP contribution in [0.5, 0.6) is 0 Å². The Labute approximate surface area is 117 Å². The van der Waals surface area contributed by atoms with E-state index in [9.17, 15) is 4.79 Å². The molecule has 2 fully saturated rings. The Balaban J connectivity index is 1.86. The maximum Gasteiger partial charge on any atom is 0.240 e. The van der Waals surface area contributed by atoms with Crippen molar-refractivity contribution in [2.75, 3.05) is 19.6 Å². The molecule has 0 bridgehead atoms. The molecular weight excluding hydrogens is 238 g/mol. The molecule has 2 rings (SSSR count). The molecule has 1 heterocycles. The van der Waals surface area contributed by atoms with Crippen LogP contribution in [0.25, 0.3) is 0 Å². The lowest BCUT2D eigenvalue weighted by Crippen LogP contribution is -2.56. The van der Waals surface area contributed by atoms with Crippen molar-refractivity contribution in [1.82, 2.24) is 10.2 Å². The van der Waals surface area contributed by atoms with Crippen molar-refractivity contribution >= 4 is 5.91 Å². The monoisotopic (exact) mass is 267 g/mol. The zero-order valence-electron chi connectivity index (χ0n) is 12.6. The molecule has 2 aliphatic rings. The van der Waals surface area contributed by atoms with Gasteiger partial charge in [-0.25, -0.2) is 0 Å². The molecule has 19 heavy (non-hydrogen) atoms. The molecule has 1 aliphatic heterocycles. The topological polar surface area (TPSA) is 58.4 Å². The Morgan fingerprint density at radius 1 is 1.37 bits per heavy atom. The first kappa shape index (κ1) is 14.8. The highest BCUT2D eigenvalue weighted by Gasteiger charge is 2.44. The Morgan fingerprint density at radius 3 is 2.42 bits per heavy atom. The minimum atomic E-state index is -0.674. The fourth-order valence-corrected chi connectivity index (χ4v) is 3.12. The average Bonchev–Trinajstić information content (AvgIpc) is 3.08. The minimum Gasteiger partial charge on any atom is -0.353 e. The molecule has 4 nitrogen and oxygen atoms in total. The van der Waals surface area contributed by atoms with Gasteiger partial charge in [0, 0.05) is 12.6 Å². The second-order valence-electron chi connectivity index (χ2n) is 6.82. The first-order valence-corrected chi connectivity index (χ1v) is 7.74. The lowest BCUT2D eigenvalue weighted by atomic mass is 9.95. The van der Waals surface area contributed by atoms with Gasteiger partial charge in [0.25, 0.3) is 0 Å². The van der Waals surface area contributed by atoms with Crippen LogP contribution < -0.4 is 11.1 Å². The van der Waals surface area contributed by atoms with Crippen molar-refractivity contribution in [3.8, 4) is 0 Å². The number of carbonyl (C=O) groups excluding carboxylic acids is 1. The molecule has 2 unspecified atom stereocenters. The van der Waals surface area contributed by atoms with Crippen molar-refractivity contribution in [1.29, 1.82) is 0 Å². The molecule has 3 N–H and O–H groups in total. The van der Waals surface area contributed by atoms with Gasteiger partial charge in [0.1, 0.15) is 0 Å². The van der Waals surface area contributed by atoms with E-state index < -0.39 is 5.54 Å². The molecular formula is C15H29N3O. The number of likely N-dealkylation sites (tertiary alicyclic amines) is 1. The van der Waals surface area contributed by atoms with Crippen LogP contribution in [-0.2, 0) is 4.79 Å². The largest absolute Gasteiger partial charge is 0.353 e. The van der Waals surface area contributed by atoms with Gasteiger partial charge < -0.3 is 11.1 Å². The molecule has 110 valence electrons. The molecule has 0 aromatic heterocycles. The SMILES string of the molecule is CC(C)C(CNC(=O)C(C)(N)C1CC1)N1CCCC1. The third kappa shape index (κ3) is 3.48. The van der Waals surface area contributed by atoms with Gasteiger partial charge in [-0.1, -0.05) is 13.8 Å². The molecule has 0 aromatic rings. The zero-order valence-corrected chi connectivity index (χ0v) is 12.6. The van der Waals surface area contributed by atoms with E-state index in [0.717, 1.165) is 19.4 Å². The molecule has 1 saturated carbocycles. The number of hydrogen-bond donors (Lipinski definition) is 2. The number of hydrogen-bond acceptors (Lipinski definition) is 3. The van der Waals surface area contributed by atoms with E-state index >= 15 is 0 Å². The van der Waals surface area contributed by atoms with E-state index in [1.165, 1.54) is 25.9 Å². The molecule has 1 amide bonds. The summed E-state index contributed by atoms with van der Waals surface area (Å²) in [5.74, 6) is 0.972. The summed E-state index contributed by atoms with van der Waals surface area (Å²) in [7, 11) is 0. The lowest BCUT2D eigenvalue weighted by Gasteiger charge is -2.32. The quantitative estimate of drug-likeness (QED) is 0.764. The van der Waals surface area contributed by atoms with Gasteiger partial charge >= 0.3 is 0 Å². The predicted octanol–water partition coefficient (Wildman–Crippen LogP) is 1.35. The van der Waals surface area contributed by atoms with Gasteiger partial charge in [0.2, 0.25) is 5.91 Å². The second kappa shape index (κ2) is 5.80. The highest BCUT2D eigenvalue weighted by molar-refractivity contribution is 5.86. The van der Waals surface area contributed by atoms with Crippen LogP contribution in [0, 0.1) is 11.8 Å². The number of nitrogens with zero attached hydrogens (tertiary/aromatic N) is 1.